The van der Waals surface area contributed by atoms with Crippen molar-refractivity contribution in [1.82, 2.24) is 9.72 Å². The molecule has 0 saturated heterocycles. The minimum atomic E-state index is -0.911. The SMILES string of the molecule is Cc1cc(OCc2c(-c3c(Cl)cccc3Cl)noc2C(C)C)ccc1-c1ccc2c(C(=O)O)c(C)n(C(C)C)c2c1. The van der Waals surface area contributed by atoms with Gasteiger partial charge in [0.15, 0.2) is 0 Å². The van der Waals surface area contributed by atoms with Gasteiger partial charge in [-0.2, -0.15) is 0 Å². The van der Waals surface area contributed by atoms with Crippen molar-refractivity contribution in [3.63, 3.8) is 0 Å². The van der Waals surface area contributed by atoms with Crippen LogP contribution in [0.25, 0.3) is 33.3 Å². The molecule has 2 aromatic heterocycles. The van der Waals surface area contributed by atoms with Crippen molar-refractivity contribution in [2.24, 2.45) is 0 Å². The molecule has 0 bridgehead atoms. The van der Waals surface area contributed by atoms with Crippen molar-refractivity contribution in [1.29, 1.82) is 0 Å². The maximum Gasteiger partial charge on any atom is 0.338 e. The van der Waals surface area contributed by atoms with Crippen LogP contribution in [0.15, 0.2) is 59.1 Å². The monoisotopic (exact) mass is 590 g/mol. The molecule has 5 aromatic rings. The fraction of sp³-hybridized carbons (Fsp3) is 0.273. The zero-order valence-electron chi connectivity index (χ0n) is 23.9. The molecule has 0 aliphatic carbocycles. The van der Waals surface area contributed by atoms with Gasteiger partial charge in [-0.15, -0.1) is 0 Å². The van der Waals surface area contributed by atoms with Crippen LogP contribution < -0.4 is 4.74 Å². The first-order valence-corrected chi connectivity index (χ1v) is 14.3. The summed E-state index contributed by atoms with van der Waals surface area (Å²) in [6.45, 7) is 12.3. The number of hydrogen-bond acceptors (Lipinski definition) is 4. The maximum absolute atomic E-state index is 12.0. The third kappa shape index (κ3) is 5.22. The van der Waals surface area contributed by atoms with Gasteiger partial charge in [0.25, 0.3) is 0 Å². The van der Waals surface area contributed by atoms with E-state index in [1.54, 1.807) is 18.2 Å². The number of fused-ring (bicyclic) bond motifs is 1. The fourth-order valence-corrected chi connectivity index (χ4v) is 6.16. The van der Waals surface area contributed by atoms with Crippen LogP contribution in [0.3, 0.4) is 0 Å². The average Bonchev–Trinajstić information content (AvgIpc) is 3.45. The van der Waals surface area contributed by atoms with Crippen molar-refractivity contribution in [3.8, 4) is 28.1 Å². The second-order valence-electron chi connectivity index (χ2n) is 10.9. The predicted molar refractivity (Wildman–Crippen MR) is 165 cm³/mol. The first kappa shape index (κ1) is 28.8. The summed E-state index contributed by atoms with van der Waals surface area (Å²) in [5.41, 5.74) is 7.11. The molecule has 0 fully saturated rings. The second kappa shape index (κ2) is 11.3. The van der Waals surface area contributed by atoms with Gasteiger partial charge in [0.1, 0.15) is 23.8 Å². The lowest BCUT2D eigenvalue weighted by atomic mass is 9.98. The third-order valence-electron chi connectivity index (χ3n) is 7.41. The molecule has 5 rings (SSSR count). The summed E-state index contributed by atoms with van der Waals surface area (Å²) < 4.78 is 14.1. The van der Waals surface area contributed by atoms with Gasteiger partial charge in [-0.25, -0.2) is 4.79 Å². The molecular weight excluding hydrogens is 559 g/mol. The highest BCUT2D eigenvalue weighted by Crippen LogP contribution is 2.39. The van der Waals surface area contributed by atoms with E-state index in [2.05, 4.69) is 29.6 Å². The van der Waals surface area contributed by atoms with Crippen LogP contribution in [-0.4, -0.2) is 20.8 Å². The quantitative estimate of drug-likeness (QED) is 0.194. The largest absolute Gasteiger partial charge is 0.489 e. The number of aromatic carboxylic acids is 1. The van der Waals surface area contributed by atoms with Gasteiger partial charge in [-0.05, 0) is 74.7 Å². The number of aromatic nitrogens is 2. The zero-order chi connectivity index (χ0) is 29.6. The van der Waals surface area contributed by atoms with Gasteiger partial charge >= 0.3 is 5.97 Å². The Hall–Kier alpha value is -3.74. The van der Waals surface area contributed by atoms with Crippen molar-refractivity contribution in [2.75, 3.05) is 0 Å². The summed E-state index contributed by atoms with van der Waals surface area (Å²) in [4.78, 5) is 12.0. The Labute approximate surface area is 249 Å². The number of aryl methyl sites for hydroxylation is 1. The van der Waals surface area contributed by atoms with Crippen molar-refractivity contribution in [3.05, 3.63) is 92.8 Å². The number of benzene rings is 3. The summed E-state index contributed by atoms with van der Waals surface area (Å²) in [7, 11) is 0. The lowest BCUT2D eigenvalue weighted by molar-refractivity contribution is 0.0698. The number of carboxylic acid groups (broad SMARTS) is 1. The molecule has 212 valence electrons. The smallest absolute Gasteiger partial charge is 0.338 e. The molecule has 0 unspecified atom stereocenters. The van der Waals surface area contributed by atoms with E-state index in [1.165, 1.54) is 0 Å². The van der Waals surface area contributed by atoms with Gasteiger partial charge in [0.05, 0.1) is 21.2 Å². The number of carbonyl (C=O) groups is 1. The molecule has 0 amide bonds. The van der Waals surface area contributed by atoms with Crippen LogP contribution in [0.4, 0.5) is 0 Å². The van der Waals surface area contributed by atoms with Crippen LogP contribution >= 0.6 is 23.2 Å². The number of nitrogens with zero attached hydrogens (tertiary/aromatic N) is 2. The highest BCUT2D eigenvalue weighted by molar-refractivity contribution is 6.39. The van der Waals surface area contributed by atoms with Crippen LogP contribution in [0, 0.1) is 13.8 Å². The van der Waals surface area contributed by atoms with E-state index < -0.39 is 5.97 Å². The number of carboxylic acids is 1. The van der Waals surface area contributed by atoms with Crippen LogP contribution in [-0.2, 0) is 6.61 Å². The van der Waals surface area contributed by atoms with Crippen molar-refractivity contribution >= 4 is 40.1 Å². The Morgan fingerprint density at radius 1 is 1.02 bits per heavy atom. The average molecular weight is 592 g/mol. The van der Waals surface area contributed by atoms with E-state index in [1.807, 2.05) is 58.0 Å². The molecule has 41 heavy (non-hydrogen) atoms. The summed E-state index contributed by atoms with van der Waals surface area (Å²) in [6, 6.07) is 17.4. The summed E-state index contributed by atoms with van der Waals surface area (Å²) >= 11 is 13.0. The zero-order valence-corrected chi connectivity index (χ0v) is 25.4. The molecule has 8 heteroatoms. The topological polar surface area (TPSA) is 77.5 Å². The van der Waals surface area contributed by atoms with Gasteiger partial charge < -0.3 is 18.9 Å². The molecule has 0 radical (unpaired) electrons. The number of halogens is 2. The molecule has 6 nitrogen and oxygen atoms in total. The van der Waals surface area contributed by atoms with Crippen LogP contribution in [0.1, 0.15) is 72.6 Å². The van der Waals surface area contributed by atoms with E-state index in [-0.39, 0.29) is 18.6 Å². The van der Waals surface area contributed by atoms with Gasteiger partial charge in [0.2, 0.25) is 0 Å². The molecular formula is C33H32Cl2N2O4. The lowest BCUT2D eigenvalue weighted by Gasteiger charge is -2.14. The summed E-state index contributed by atoms with van der Waals surface area (Å²) in [5, 5.41) is 15.9. The maximum atomic E-state index is 12.0. The van der Waals surface area contributed by atoms with E-state index >= 15 is 0 Å². The third-order valence-corrected chi connectivity index (χ3v) is 8.04. The van der Waals surface area contributed by atoms with Crippen molar-refractivity contribution < 1.29 is 19.2 Å². The standard InChI is InChI=1S/C33H32Cl2N2O4/c1-17(2)32-25(31(36-41-32)30-26(34)8-7-9-27(30)35)16-40-22-11-13-23(19(5)14-22)21-10-12-24-28(15-21)37(18(3)4)20(6)29(24)33(38)39/h7-15,17-18H,16H2,1-6H3,(H,38,39). The molecule has 0 spiro atoms. The second-order valence-corrected chi connectivity index (χ2v) is 11.7. The highest BCUT2D eigenvalue weighted by Gasteiger charge is 2.24. The molecule has 0 aliphatic rings. The van der Waals surface area contributed by atoms with E-state index in [4.69, 9.17) is 32.5 Å². The Morgan fingerprint density at radius 3 is 2.34 bits per heavy atom. The minimum absolute atomic E-state index is 0.0882. The summed E-state index contributed by atoms with van der Waals surface area (Å²) in [6.07, 6.45) is 0. The number of rotatable bonds is 8. The van der Waals surface area contributed by atoms with Crippen molar-refractivity contribution in [2.45, 2.75) is 60.1 Å². The molecule has 0 aliphatic heterocycles. The highest BCUT2D eigenvalue weighted by atomic mass is 35.5. The molecule has 0 saturated carbocycles. The first-order valence-electron chi connectivity index (χ1n) is 13.5. The Morgan fingerprint density at radius 2 is 1.73 bits per heavy atom. The Balaban J connectivity index is 1.48. The number of hydrogen-bond donors (Lipinski definition) is 1. The lowest BCUT2D eigenvalue weighted by Crippen LogP contribution is -2.05. The first-order chi connectivity index (χ1) is 19.5. The van der Waals surface area contributed by atoms with Gasteiger partial charge in [-0.1, -0.05) is 66.5 Å². The van der Waals surface area contributed by atoms with E-state index in [0.717, 1.165) is 44.6 Å². The number of ether oxygens (including phenoxy) is 1. The molecule has 3 aromatic carbocycles. The molecule has 2 heterocycles. The normalized spacial score (nSPS) is 11.7. The fourth-order valence-electron chi connectivity index (χ4n) is 5.58. The van der Waals surface area contributed by atoms with Gasteiger partial charge in [0, 0.05) is 34.1 Å². The molecule has 1 N–H and O–H groups in total. The van der Waals surface area contributed by atoms with Gasteiger partial charge in [-0.3, -0.25) is 0 Å². The van der Waals surface area contributed by atoms with Crippen LogP contribution in [0.5, 0.6) is 5.75 Å². The Bertz CT molecular complexity index is 1760. The van der Waals surface area contributed by atoms with E-state index in [9.17, 15) is 9.90 Å². The van der Waals surface area contributed by atoms with Crippen LogP contribution in [0.2, 0.25) is 10.0 Å². The predicted octanol–water partition coefficient (Wildman–Crippen LogP) is 9.87. The Kier molecular flexibility index (Phi) is 7.91. The molecule has 0 atom stereocenters. The minimum Gasteiger partial charge on any atom is -0.489 e. The van der Waals surface area contributed by atoms with E-state index in [0.29, 0.717) is 32.6 Å². The summed E-state index contributed by atoms with van der Waals surface area (Å²) in [5.74, 6) is 0.603.